The zero-order valence-corrected chi connectivity index (χ0v) is 20.2. The number of likely N-dealkylation sites (tertiary alicyclic amines) is 1. The first-order valence-electron chi connectivity index (χ1n) is 12.1. The highest BCUT2D eigenvalue weighted by molar-refractivity contribution is 5.86. The summed E-state index contributed by atoms with van der Waals surface area (Å²) in [6.07, 6.45) is 6.49. The van der Waals surface area contributed by atoms with Crippen LogP contribution in [0, 0.1) is 11.3 Å². The lowest BCUT2D eigenvalue weighted by molar-refractivity contribution is -0.213. The highest BCUT2D eigenvalue weighted by Crippen LogP contribution is 2.74. The van der Waals surface area contributed by atoms with Crippen molar-refractivity contribution in [3.05, 3.63) is 35.4 Å². The maximum Gasteiger partial charge on any atom is 0.325 e. The average molecular weight is 469 g/mol. The Morgan fingerprint density at radius 1 is 1.26 bits per heavy atom. The number of methoxy groups -OCH3 is 2. The summed E-state index contributed by atoms with van der Waals surface area (Å²) < 4.78 is 23.8. The topological polar surface area (TPSA) is 86.3 Å². The third kappa shape index (κ3) is 2.36. The maximum absolute atomic E-state index is 13.6. The lowest BCUT2D eigenvalue weighted by Crippen LogP contribution is -2.80. The second-order valence-corrected chi connectivity index (χ2v) is 10.3. The molecule has 1 saturated heterocycles. The summed E-state index contributed by atoms with van der Waals surface area (Å²) >= 11 is 0. The molecule has 1 aromatic carbocycles. The van der Waals surface area contributed by atoms with Crippen LogP contribution < -0.4 is 14.8 Å². The van der Waals surface area contributed by atoms with Gasteiger partial charge in [-0.05, 0) is 51.4 Å². The van der Waals surface area contributed by atoms with Crippen LogP contribution in [-0.4, -0.2) is 75.5 Å². The van der Waals surface area contributed by atoms with Crippen LogP contribution in [-0.2, 0) is 30.9 Å². The number of rotatable bonds is 6. The van der Waals surface area contributed by atoms with E-state index in [1.165, 1.54) is 11.1 Å². The number of piperidine rings is 1. The number of fused-ring (bicyclic) bond motifs is 1. The van der Waals surface area contributed by atoms with Crippen LogP contribution >= 0.6 is 0 Å². The standard InChI is InChI=1S/C26H32N2O6/c1-5-33-19(29)14-27-22(30)16-13-24-8-9-26(16,32-4)23-25(24)10-11-28(2)18(24)12-15-6-7-17(31-3)21(34-23)20(15)25/h6-9,16,18,23H,5,10-14H2,1-4H3,(H,27,30)/t16?,18?,23?,24?,25-,26?/m0/s1. The molecular formula is C26H32N2O6. The Labute approximate surface area is 199 Å². The number of likely N-dealkylation sites (N-methyl/N-ethyl adjacent to an activating group) is 1. The van der Waals surface area contributed by atoms with Gasteiger partial charge in [-0.15, -0.1) is 0 Å². The van der Waals surface area contributed by atoms with Gasteiger partial charge in [0.05, 0.1) is 25.0 Å². The number of nitrogens with one attached hydrogen (secondary N) is 1. The predicted octanol–water partition coefficient (Wildman–Crippen LogP) is 1.59. The Bertz CT molecular complexity index is 1100. The fourth-order valence-electron chi connectivity index (χ4n) is 8.00. The van der Waals surface area contributed by atoms with Gasteiger partial charge >= 0.3 is 5.97 Å². The smallest absolute Gasteiger partial charge is 0.325 e. The third-order valence-electron chi connectivity index (χ3n) is 9.31. The number of benzene rings is 1. The van der Waals surface area contributed by atoms with E-state index in [4.69, 9.17) is 18.9 Å². The molecule has 8 nitrogen and oxygen atoms in total. The van der Waals surface area contributed by atoms with Gasteiger partial charge in [0, 0.05) is 24.1 Å². The summed E-state index contributed by atoms with van der Waals surface area (Å²) in [5.74, 6) is 0.387. The minimum absolute atomic E-state index is 0.155. The van der Waals surface area contributed by atoms with Crippen molar-refractivity contribution in [2.75, 3.05) is 41.0 Å². The van der Waals surface area contributed by atoms with Gasteiger partial charge in [-0.2, -0.15) is 0 Å². The second-order valence-electron chi connectivity index (χ2n) is 10.3. The minimum Gasteiger partial charge on any atom is -0.493 e. The van der Waals surface area contributed by atoms with Crippen LogP contribution in [0.25, 0.3) is 0 Å². The Morgan fingerprint density at radius 2 is 2.09 bits per heavy atom. The van der Waals surface area contributed by atoms with Gasteiger partial charge in [0.15, 0.2) is 11.5 Å². The number of carbonyl (C=O) groups is 2. The molecule has 6 atom stereocenters. The molecule has 1 amide bonds. The maximum atomic E-state index is 13.6. The molecule has 2 spiro atoms. The van der Waals surface area contributed by atoms with Gasteiger partial charge in [-0.1, -0.05) is 18.2 Å². The molecule has 2 aliphatic heterocycles. The summed E-state index contributed by atoms with van der Waals surface area (Å²) in [6.45, 7) is 2.83. The first kappa shape index (κ1) is 21.9. The monoisotopic (exact) mass is 468 g/mol. The molecule has 7 rings (SSSR count). The van der Waals surface area contributed by atoms with E-state index in [9.17, 15) is 9.59 Å². The van der Waals surface area contributed by atoms with Crippen LogP contribution in [0.1, 0.15) is 30.9 Å². The first-order valence-corrected chi connectivity index (χ1v) is 12.1. The van der Waals surface area contributed by atoms with Crippen LogP contribution in [0.3, 0.4) is 0 Å². The van der Waals surface area contributed by atoms with Gasteiger partial charge in [-0.25, -0.2) is 0 Å². The van der Waals surface area contributed by atoms with Gasteiger partial charge in [0.1, 0.15) is 18.2 Å². The molecule has 4 bridgehead atoms. The van der Waals surface area contributed by atoms with Gasteiger partial charge < -0.3 is 29.2 Å². The van der Waals surface area contributed by atoms with E-state index in [-0.39, 0.29) is 42.0 Å². The number of esters is 1. The highest BCUT2D eigenvalue weighted by atomic mass is 16.6. The molecule has 2 heterocycles. The third-order valence-corrected chi connectivity index (χ3v) is 9.31. The fraction of sp³-hybridized carbons (Fsp3) is 0.615. The van der Waals surface area contributed by atoms with Crippen molar-refractivity contribution in [2.45, 2.75) is 49.3 Å². The highest BCUT2D eigenvalue weighted by Gasteiger charge is 2.79. The number of ether oxygens (including phenoxy) is 4. The van der Waals surface area contributed by atoms with Crippen molar-refractivity contribution in [3.63, 3.8) is 0 Å². The van der Waals surface area contributed by atoms with Gasteiger partial charge in [-0.3, -0.25) is 9.59 Å². The molecular weight excluding hydrogens is 436 g/mol. The average Bonchev–Trinajstić information content (AvgIpc) is 3.22. The van der Waals surface area contributed by atoms with E-state index in [1.807, 2.05) is 6.07 Å². The Kier molecular flexibility index (Phi) is 4.65. The van der Waals surface area contributed by atoms with Crippen molar-refractivity contribution >= 4 is 11.9 Å². The van der Waals surface area contributed by atoms with E-state index in [0.29, 0.717) is 6.42 Å². The van der Waals surface area contributed by atoms with Crippen LogP contribution in [0.4, 0.5) is 0 Å². The number of hydrogen-bond acceptors (Lipinski definition) is 7. The molecule has 2 fully saturated rings. The second kappa shape index (κ2) is 7.21. The predicted molar refractivity (Wildman–Crippen MR) is 123 cm³/mol. The summed E-state index contributed by atoms with van der Waals surface area (Å²) in [5, 5.41) is 2.81. The van der Waals surface area contributed by atoms with Crippen LogP contribution in [0.15, 0.2) is 24.3 Å². The van der Waals surface area contributed by atoms with Crippen LogP contribution in [0.2, 0.25) is 0 Å². The van der Waals surface area contributed by atoms with Crippen molar-refractivity contribution in [1.82, 2.24) is 10.2 Å². The molecule has 1 N–H and O–H groups in total. The number of amides is 1. The van der Waals surface area contributed by atoms with Gasteiger partial charge in [0.2, 0.25) is 5.91 Å². The molecule has 0 radical (unpaired) electrons. The molecule has 34 heavy (non-hydrogen) atoms. The van der Waals surface area contributed by atoms with Gasteiger partial charge in [0.25, 0.3) is 0 Å². The zero-order valence-electron chi connectivity index (χ0n) is 20.2. The fourth-order valence-corrected chi connectivity index (χ4v) is 8.00. The largest absolute Gasteiger partial charge is 0.493 e. The quantitative estimate of drug-likeness (QED) is 0.501. The zero-order chi connectivity index (χ0) is 23.9. The molecule has 6 aliphatic rings. The number of carbonyl (C=O) groups excluding carboxylic acids is 2. The van der Waals surface area contributed by atoms with Crippen molar-refractivity contribution < 1.29 is 28.5 Å². The molecule has 182 valence electrons. The summed E-state index contributed by atoms with van der Waals surface area (Å²) in [5.41, 5.74) is 1.04. The Balaban J connectivity index is 1.50. The van der Waals surface area contributed by atoms with Crippen molar-refractivity contribution in [1.29, 1.82) is 0 Å². The minimum atomic E-state index is -0.945. The summed E-state index contributed by atoms with van der Waals surface area (Å²) in [7, 11) is 5.51. The Morgan fingerprint density at radius 3 is 2.82 bits per heavy atom. The van der Waals surface area contributed by atoms with E-state index >= 15 is 0 Å². The molecule has 1 aromatic rings. The summed E-state index contributed by atoms with van der Waals surface area (Å²) in [6, 6.07) is 4.42. The van der Waals surface area contributed by atoms with Crippen LogP contribution in [0.5, 0.6) is 11.5 Å². The molecule has 5 unspecified atom stereocenters. The first-order chi connectivity index (χ1) is 16.4. The summed E-state index contributed by atoms with van der Waals surface area (Å²) in [4.78, 5) is 28.0. The van der Waals surface area contributed by atoms with E-state index < -0.39 is 17.5 Å². The van der Waals surface area contributed by atoms with Crippen molar-refractivity contribution in [2.24, 2.45) is 11.3 Å². The molecule has 1 saturated carbocycles. The van der Waals surface area contributed by atoms with E-state index in [2.05, 4.69) is 35.5 Å². The SMILES string of the molecule is CCOC(=O)CNC(=O)C1CC23C=CC1(OC)C1Oc4c(OC)ccc5c4[C@@]12CCN(C)C3C5. The van der Waals surface area contributed by atoms with Crippen molar-refractivity contribution in [3.8, 4) is 11.5 Å². The normalized spacial score (nSPS) is 38.2. The number of nitrogens with zero attached hydrogens (tertiary/aromatic N) is 1. The Hall–Kier alpha value is -2.58. The van der Waals surface area contributed by atoms with E-state index in [0.717, 1.165) is 30.9 Å². The molecule has 4 aliphatic carbocycles. The lowest BCUT2D eigenvalue weighted by atomic mass is 9.37. The number of hydrogen-bond donors (Lipinski definition) is 1. The molecule has 8 heteroatoms. The molecule has 0 aromatic heterocycles. The lowest BCUT2D eigenvalue weighted by Gasteiger charge is -2.70. The van der Waals surface area contributed by atoms with E-state index in [1.54, 1.807) is 21.1 Å².